The fraction of sp³-hybridized carbons (Fsp3) is 0.765. The third kappa shape index (κ3) is 2.78. The number of aryl methyl sites for hydroxylation is 1. The number of hydrogen-bond donors (Lipinski definition) is 0. The van der Waals surface area contributed by atoms with Gasteiger partial charge in [-0.15, -0.1) is 0 Å². The van der Waals surface area contributed by atoms with Crippen LogP contribution in [0, 0.1) is 12.3 Å². The first-order valence-corrected chi connectivity index (χ1v) is 8.53. The lowest BCUT2D eigenvalue weighted by atomic mass is 9.78. The topological polar surface area (TPSA) is 41.4 Å². The monoisotopic (exact) mass is 304 g/mol. The van der Waals surface area contributed by atoms with Crippen LogP contribution < -0.4 is 0 Å². The number of carbonyl (C=O) groups is 1. The molecule has 122 valence electrons. The molecule has 5 nitrogen and oxygen atoms in total. The second-order valence-corrected chi connectivity index (χ2v) is 7.17. The number of hydrogen-bond acceptors (Lipinski definition) is 3. The van der Waals surface area contributed by atoms with Crippen LogP contribution in [-0.2, 0) is 11.3 Å². The largest absolute Gasteiger partial charge is 0.340 e. The summed E-state index contributed by atoms with van der Waals surface area (Å²) >= 11 is 0. The van der Waals surface area contributed by atoms with Gasteiger partial charge in [-0.1, -0.05) is 0 Å². The van der Waals surface area contributed by atoms with Crippen LogP contribution in [-0.4, -0.2) is 57.5 Å². The molecule has 1 atom stereocenters. The van der Waals surface area contributed by atoms with Crippen LogP contribution in [0.4, 0.5) is 0 Å². The quantitative estimate of drug-likeness (QED) is 0.853. The van der Waals surface area contributed by atoms with Crippen molar-refractivity contribution in [2.45, 2.75) is 52.6 Å². The molecule has 0 saturated carbocycles. The first-order valence-electron chi connectivity index (χ1n) is 8.53. The van der Waals surface area contributed by atoms with E-state index in [1.165, 1.54) is 0 Å². The Morgan fingerprint density at radius 3 is 2.77 bits per heavy atom. The second-order valence-electron chi connectivity index (χ2n) is 7.17. The summed E-state index contributed by atoms with van der Waals surface area (Å²) in [6.45, 7) is 11.2. The highest BCUT2D eigenvalue weighted by Crippen LogP contribution is 2.40. The van der Waals surface area contributed by atoms with E-state index in [4.69, 9.17) is 0 Å². The number of piperidine rings is 1. The standard InChI is InChI=1S/C17H28N4O/c1-14(2)21-8-4-5-17(16(21)22)6-9-19(13-17)11-12-20-10-7-18-15(20)3/h7,10,14H,4-6,8-9,11-13H2,1-3H3. The number of nitrogens with zero attached hydrogens (tertiary/aromatic N) is 4. The molecule has 3 rings (SSSR count). The minimum atomic E-state index is -0.105. The van der Waals surface area contributed by atoms with Crippen molar-refractivity contribution in [2.75, 3.05) is 26.2 Å². The lowest BCUT2D eigenvalue weighted by Gasteiger charge is -2.41. The van der Waals surface area contributed by atoms with E-state index < -0.39 is 0 Å². The van der Waals surface area contributed by atoms with E-state index in [1.807, 2.05) is 19.3 Å². The average Bonchev–Trinajstić information content (AvgIpc) is 3.07. The average molecular weight is 304 g/mol. The molecule has 2 aliphatic heterocycles. The number of imidazole rings is 1. The summed E-state index contributed by atoms with van der Waals surface area (Å²) in [7, 11) is 0. The molecule has 2 saturated heterocycles. The summed E-state index contributed by atoms with van der Waals surface area (Å²) < 4.78 is 2.19. The first kappa shape index (κ1) is 15.5. The fourth-order valence-electron chi connectivity index (χ4n) is 4.01. The zero-order valence-corrected chi connectivity index (χ0v) is 14.1. The van der Waals surface area contributed by atoms with Crippen molar-refractivity contribution in [3.05, 3.63) is 18.2 Å². The van der Waals surface area contributed by atoms with Gasteiger partial charge in [-0.25, -0.2) is 4.98 Å². The Hall–Kier alpha value is -1.36. The molecule has 1 spiro atoms. The maximum absolute atomic E-state index is 12.9. The Morgan fingerprint density at radius 1 is 1.27 bits per heavy atom. The third-order valence-corrected chi connectivity index (χ3v) is 5.41. The molecule has 0 aromatic carbocycles. The predicted octanol–water partition coefficient (Wildman–Crippen LogP) is 1.91. The van der Waals surface area contributed by atoms with Gasteiger partial charge in [-0.3, -0.25) is 4.79 Å². The zero-order chi connectivity index (χ0) is 15.7. The molecule has 1 amide bonds. The van der Waals surface area contributed by atoms with Gasteiger partial charge in [0.05, 0.1) is 5.41 Å². The SMILES string of the molecule is Cc1nccn1CCN1CCC2(CCCN(C(C)C)C2=O)C1. The van der Waals surface area contributed by atoms with E-state index in [9.17, 15) is 4.79 Å². The Labute approximate surface area is 133 Å². The van der Waals surface area contributed by atoms with Crippen molar-refractivity contribution in [3.63, 3.8) is 0 Å². The van der Waals surface area contributed by atoms with Crippen molar-refractivity contribution in [1.29, 1.82) is 0 Å². The Balaban J connectivity index is 1.61. The lowest BCUT2D eigenvalue weighted by Crippen LogP contribution is -2.52. The molecular formula is C17H28N4O. The summed E-state index contributed by atoms with van der Waals surface area (Å²) in [5.41, 5.74) is -0.105. The van der Waals surface area contributed by atoms with Crippen molar-refractivity contribution < 1.29 is 4.79 Å². The molecule has 2 aliphatic rings. The number of likely N-dealkylation sites (tertiary alicyclic amines) is 2. The molecule has 5 heteroatoms. The van der Waals surface area contributed by atoms with Gasteiger partial charge in [0, 0.05) is 44.6 Å². The van der Waals surface area contributed by atoms with E-state index >= 15 is 0 Å². The van der Waals surface area contributed by atoms with E-state index in [-0.39, 0.29) is 5.41 Å². The van der Waals surface area contributed by atoms with Gasteiger partial charge >= 0.3 is 0 Å². The number of rotatable bonds is 4. The fourth-order valence-corrected chi connectivity index (χ4v) is 4.01. The van der Waals surface area contributed by atoms with Crippen LogP contribution in [0.3, 0.4) is 0 Å². The van der Waals surface area contributed by atoms with Crippen LogP contribution in [0.5, 0.6) is 0 Å². The highest BCUT2D eigenvalue weighted by molar-refractivity contribution is 5.84. The minimum Gasteiger partial charge on any atom is -0.340 e. The molecule has 1 aromatic heterocycles. The van der Waals surface area contributed by atoms with Gasteiger partial charge in [0.15, 0.2) is 0 Å². The van der Waals surface area contributed by atoms with Crippen LogP contribution in [0.2, 0.25) is 0 Å². The van der Waals surface area contributed by atoms with Crippen LogP contribution in [0.25, 0.3) is 0 Å². The van der Waals surface area contributed by atoms with Crippen molar-refractivity contribution in [2.24, 2.45) is 5.41 Å². The van der Waals surface area contributed by atoms with Gasteiger partial charge in [0.25, 0.3) is 0 Å². The maximum Gasteiger partial charge on any atom is 0.230 e. The summed E-state index contributed by atoms with van der Waals surface area (Å²) in [5.74, 6) is 1.46. The summed E-state index contributed by atoms with van der Waals surface area (Å²) in [6, 6.07) is 0.326. The Bertz CT molecular complexity index is 539. The van der Waals surface area contributed by atoms with E-state index in [2.05, 4.69) is 33.2 Å². The van der Waals surface area contributed by atoms with Crippen molar-refractivity contribution >= 4 is 5.91 Å². The molecule has 0 bridgehead atoms. The number of amides is 1. The number of carbonyl (C=O) groups excluding carboxylic acids is 1. The first-order chi connectivity index (χ1) is 10.5. The molecule has 1 unspecified atom stereocenters. The van der Waals surface area contributed by atoms with Crippen molar-refractivity contribution in [1.82, 2.24) is 19.4 Å². The van der Waals surface area contributed by atoms with Gasteiger partial charge < -0.3 is 14.4 Å². The van der Waals surface area contributed by atoms with E-state index in [0.717, 1.165) is 57.8 Å². The summed E-state index contributed by atoms with van der Waals surface area (Å²) in [6.07, 6.45) is 7.13. The predicted molar refractivity (Wildman–Crippen MR) is 86.5 cm³/mol. The van der Waals surface area contributed by atoms with Crippen LogP contribution in [0.15, 0.2) is 12.4 Å². The van der Waals surface area contributed by atoms with Crippen molar-refractivity contribution in [3.8, 4) is 0 Å². The van der Waals surface area contributed by atoms with Crippen LogP contribution >= 0.6 is 0 Å². The van der Waals surface area contributed by atoms with Crippen LogP contribution in [0.1, 0.15) is 38.9 Å². The minimum absolute atomic E-state index is 0.105. The normalized spacial score (nSPS) is 26.5. The lowest BCUT2D eigenvalue weighted by molar-refractivity contribution is -0.147. The smallest absolute Gasteiger partial charge is 0.230 e. The molecule has 2 fully saturated rings. The van der Waals surface area contributed by atoms with Gasteiger partial charge in [0.2, 0.25) is 5.91 Å². The highest BCUT2D eigenvalue weighted by Gasteiger charge is 2.48. The van der Waals surface area contributed by atoms with Gasteiger partial charge in [-0.05, 0) is 46.6 Å². The highest BCUT2D eigenvalue weighted by atomic mass is 16.2. The van der Waals surface area contributed by atoms with E-state index in [0.29, 0.717) is 11.9 Å². The molecule has 0 N–H and O–H groups in total. The molecule has 1 aromatic rings. The summed E-state index contributed by atoms with van der Waals surface area (Å²) in [4.78, 5) is 21.7. The zero-order valence-electron chi connectivity index (χ0n) is 14.1. The Morgan fingerprint density at radius 2 is 2.09 bits per heavy atom. The third-order valence-electron chi connectivity index (χ3n) is 5.41. The Kier molecular flexibility index (Phi) is 4.26. The van der Waals surface area contributed by atoms with Gasteiger partial charge in [-0.2, -0.15) is 0 Å². The molecule has 0 radical (unpaired) electrons. The van der Waals surface area contributed by atoms with E-state index in [1.54, 1.807) is 0 Å². The molecule has 0 aliphatic carbocycles. The second kappa shape index (κ2) is 6.03. The summed E-state index contributed by atoms with van der Waals surface area (Å²) in [5, 5.41) is 0. The molecule has 22 heavy (non-hydrogen) atoms. The van der Waals surface area contributed by atoms with Gasteiger partial charge in [0.1, 0.15) is 5.82 Å². The number of aromatic nitrogens is 2. The molecule has 3 heterocycles. The maximum atomic E-state index is 12.9. The molecular weight excluding hydrogens is 276 g/mol.